The summed E-state index contributed by atoms with van der Waals surface area (Å²) in [4.78, 5) is 2.39. The van der Waals surface area contributed by atoms with E-state index in [0.717, 1.165) is 30.2 Å². The largest absolute Gasteiger partial charge is 0.494 e. The van der Waals surface area contributed by atoms with Crippen molar-refractivity contribution in [2.75, 3.05) is 19.7 Å². The molecule has 2 unspecified atom stereocenters. The van der Waals surface area contributed by atoms with E-state index in [4.69, 9.17) is 9.47 Å². The molecule has 0 bridgehead atoms. The van der Waals surface area contributed by atoms with Crippen molar-refractivity contribution in [3.63, 3.8) is 0 Å². The molecule has 1 aromatic carbocycles. The van der Waals surface area contributed by atoms with Crippen LogP contribution in [0.3, 0.4) is 0 Å². The van der Waals surface area contributed by atoms with Gasteiger partial charge in [0.1, 0.15) is 23.2 Å². The van der Waals surface area contributed by atoms with E-state index < -0.39 is 11.7 Å². The van der Waals surface area contributed by atoms with Crippen LogP contribution in [0, 0.1) is 0 Å². The van der Waals surface area contributed by atoms with Crippen LogP contribution in [-0.4, -0.2) is 41.3 Å². The molecule has 4 heteroatoms. The quantitative estimate of drug-likeness (QED) is 0.931. The van der Waals surface area contributed by atoms with E-state index in [9.17, 15) is 5.11 Å². The fourth-order valence-electron chi connectivity index (χ4n) is 3.84. The lowest BCUT2D eigenvalue weighted by Gasteiger charge is -2.49. The molecular formula is C18H27NO3. The van der Waals surface area contributed by atoms with E-state index in [1.807, 2.05) is 25.1 Å². The second-order valence-corrected chi connectivity index (χ2v) is 6.82. The lowest BCUT2D eigenvalue weighted by molar-refractivity contribution is -0.0874. The minimum absolute atomic E-state index is 0.0165. The van der Waals surface area contributed by atoms with Crippen molar-refractivity contribution in [1.82, 2.24) is 4.90 Å². The van der Waals surface area contributed by atoms with Gasteiger partial charge in [0.2, 0.25) is 0 Å². The van der Waals surface area contributed by atoms with Gasteiger partial charge in [-0.2, -0.15) is 0 Å². The van der Waals surface area contributed by atoms with Crippen LogP contribution in [0.15, 0.2) is 18.2 Å². The van der Waals surface area contributed by atoms with Crippen molar-refractivity contribution in [2.45, 2.75) is 57.8 Å². The smallest absolute Gasteiger partial charge is 0.126 e. The second-order valence-electron chi connectivity index (χ2n) is 6.82. The van der Waals surface area contributed by atoms with Gasteiger partial charge in [-0.05, 0) is 64.9 Å². The number of nitrogens with zero attached hydrogens (tertiary/aromatic N) is 1. The first-order chi connectivity index (χ1) is 10.5. The third kappa shape index (κ3) is 2.82. The molecule has 4 nitrogen and oxygen atoms in total. The summed E-state index contributed by atoms with van der Waals surface area (Å²) in [5, 5.41) is 11.0. The Labute approximate surface area is 133 Å². The molecule has 2 aliphatic heterocycles. The van der Waals surface area contributed by atoms with Gasteiger partial charge in [-0.15, -0.1) is 0 Å². The first-order valence-electron chi connectivity index (χ1n) is 8.41. The number of ether oxygens (including phenoxy) is 2. The molecular weight excluding hydrogens is 278 g/mol. The van der Waals surface area contributed by atoms with Crippen LogP contribution in [0.4, 0.5) is 0 Å². The predicted molar refractivity (Wildman–Crippen MR) is 86.5 cm³/mol. The molecule has 2 aliphatic rings. The fourth-order valence-corrected chi connectivity index (χ4v) is 3.84. The van der Waals surface area contributed by atoms with Crippen LogP contribution in [0.5, 0.6) is 11.5 Å². The van der Waals surface area contributed by atoms with E-state index in [-0.39, 0.29) is 6.04 Å². The molecule has 0 radical (unpaired) electrons. The number of hydrogen-bond acceptors (Lipinski definition) is 4. The summed E-state index contributed by atoms with van der Waals surface area (Å²) in [6.07, 6.45) is 3.14. The Kier molecular flexibility index (Phi) is 4.33. The Balaban J connectivity index is 1.93. The zero-order chi connectivity index (χ0) is 15.7. The third-order valence-electron chi connectivity index (χ3n) is 4.78. The predicted octanol–water partition coefficient (Wildman–Crippen LogP) is 3.14. The maximum atomic E-state index is 11.0. The number of hydrogen-bond donors (Lipinski definition) is 1. The zero-order valence-electron chi connectivity index (χ0n) is 13.8. The molecule has 0 amide bonds. The molecule has 1 aromatic rings. The highest BCUT2D eigenvalue weighted by Crippen LogP contribution is 2.44. The van der Waals surface area contributed by atoms with Crippen LogP contribution in [0.25, 0.3) is 0 Å². The standard InChI is InChI=1S/C18H27NO3/c1-4-21-13-8-9-15-14(12-13)16(20)17(18(2,3)22-15)19-10-6-5-7-11-19/h8-9,12,16-17,20H,4-7,10-11H2,1-3H3. The van der Waals surface area contributed by atoms with Gasteiger partial charge in [0.25, 0.3) is 0 Å². The summed E-state index contributed by atoms with van der Waals surface area (Å²) in [6.45, 7) is 8.82. The van der Waals surface area contributed by atoms with E-state index in [1.165, 1.54) is 19.3 Å². The Morgan fingerprint density at radius 3 is 2.68 bits per heavy atom. The first-order valence-corrected chi connectivity index (χ1v) is 8.41. The molecule has 22 heavy (non-hydrogen) atoms. The third-order valence-corrected chi connectivity index (χ3v) is 4.78. The molecule has 0 spiro atoms. The van der Waals surface area contributed by atoms with Crippen LogP contribution in [-0.2, 0) is 0 Å². The number of aliphatic hydroxyl groups excluding tert-OH is 1. The molecule has 1 fully saturated rings. The molecule has 0 aromatic heterocycles. The van der Waals surface area contributed by atoms with Gasteiger partial charge in [0.15, 0.2) is 0 Å². The summed E-state index contributed by atoms with van der Waals surface area (Å²) in [5.41, 5.74) is 0.442. The number of fused-ring (bicyclic) bond motifs is 1. The average molecular weight is 305 g/mol. The van der Waals surface area contributed by atoms with E-state index in [2.05, 4.69) is 18.7 Å². The number of benzene rings is 1. The van der Waals surface area contributed by atoms with Crippen molar-refractivity contribution >= 4 is 0 Å². The van der Waals surface area contributed by atoms with E-state index in [1.54, 1.807) is 0 Å². The van der Waals surface area contributed by atoms with Gasteiger partial charge in [0, 0.05) is 5.56 Å². The second kappa shape index (κ2) is 6.09. The zero-order valence-corrected chi connectivity index (χ0v) is 13.8. The SMILES string of the molecule is CCOc1ccc2c(c1)C(O)C(N1CCCCC1)C(C)(C)O2. The lowest BCUT2D eigenvalue weighted by atomic mass is 9.84. The fraction of sp³-hybridized carbons (Fsp3) is 0.667. The number of likely N-dealkylation sites (tertiary alicyclic amines) is 1. The maximum Gasteiger partial charge on any atom is 0.126 e. The van der Waals surface area contributed by atoms with Gasteiger partial charge < -0.3 is 14.6 Å². The molecule has 3 rings (SSSR count). The van der Waals surface area contributed by atoms with E-state index >= 15 is 0 Å². The van der Waals surface area contributed by atoms with Gasteiger partial charge in [0.05, 0.1) is 12.6 Å². The van der Waals surface area contributed by atoms with E-state index in [0.29, 0.717) is 6.61 Å². The summed E-state index contributed by atoms with van der Waals surface area (Å²) < 4.78 is 11.8. The van der Waals surface area contributed by atoms with Crippen molar-refractivity contribution in [3.05, 3.63) is 23.8 Å². The molecule has 2 atom stereocenters. The summed E-state index contributed by atoms with van der Waals surface area (Å²) in [7, 11) is 0. The average Bonchev–Trinajstić information content (AvgIpc) is 2.49. The molecule has 2 heterocycles. The summed E-state index contributed by atoms with van der Waals surface area (Å²) >= 11 is 0. The van der Waals surface area contributed by atoms with Gasteiger partial charge >= 0.3 is 0 Å². The summed E-state index contributed by atoms with van der Waals surface area (Å²) in [5.74, 6) is 1.57. The monoisotopic (exact) mass is 305 g/mol. The molecule has 1 saturated heterocycles. The molecule has 0 aliphatic carbocycles. The Morgan fingerprint density at radius 1 is 1.27 bits per heavy atom. The van der Waals surface area contributed by atoms with Crippen LogP contribution >= 0.6 is 0 Å². The van der Waals surface area contributed by atoms with Crippen molar-refractivity contribution in [2.24, 2.45) is 0 Å². The highest BCUT2D eigenvalue weighted by Gasteiger charge is 2.46. The van der Waals surface area contributed by atoms with Gasteiger partial charge in [-0.3, -0.25) is 4.90 Å². The Morgan fingerprint density at radius 2 is 2.00 bits per heavy atom. The normalized spacial score (nSPS) is 27.8. The number of aliphatic hydroxyl groups is 1. The van der Waals surface area contributed by atoms with Crippen LogP contribution in [0.1, 0.15) is 51.7 Å². The number of piperidine rings is 1. The Bertz CT molecular complexity index is 523. The van der Waals surface area contributed by atoms with Gasteiger partial charge in [-0.1, -0.05) is 6.42 Å². The topological polar surface area (TPSA) is 41.9 Å². The lowest BCUT2D eigenvalue weighted by Crippen LogP contribution is -2.58. The maximum absolute atomic E-state index is 11.0. The molecule has 0 saturated carbocycles. The highest BCUT2D eigenvalue weighted by atomic mass is 16.5. The minimum atomic E-state index is -0.544. The number of rotatable bonds is 3. The molecule has 1 N–H and O–H groups in total. The van der Waals surface area contributed by atoms with Gasteiger partial charge in [-0.25, -0.2) is 0 Å². The highest BCUT2D eigenvalue weighted by molar-refractivity contribution is 5.44. The van der Waals surface area contributed by atoms with Crippen molar-refractivity contribution in [1.29, 1.82) is 0 Å². The molecule has 122 valence electrons. The van der Waals surface area contributed by atoms with Crippen LogP contribution < -0.4 is 9.47 Å². The summed E-state index contributed by atoms with van der Waals surface area (Å²) in [6, 6.07) is 5.73. The first kappa shape index (κ1) is 15.6. The minimum Gasteiger partial charge on any atom is -0.494 e. The van der Waals surface area contributed by atoms with Crippen LogP contribution in [0.2, 0.25) is 0 Å². The Hall–Kier alpha value is -1.26. The van der Waals surface area contributed by atoms with Crippen molar-refractivity contribution < 1.29 is 14.6 Å². The van der Waals surface area contributed by atoms with Crippen molar-refractivity contribution in [3.8, 4) is 11.5 Å².